The fourth-order valence-electron chi connectivity index (χ4n) is 1.75. The van der Waals surface area contributed by atoms with Crippen molar-refractivity contribution in [3.8, 4) is 17.6 Å². The van der Waals surface area contributed by atoms with Crippen LogP contribution in [-0.4, -0.2) is 19.6 Å². The Hall–Kier alpha value is -2.25. The number of para-hydroxylation sites is 1. The van der Waals surface area contributed by atoms with Gasteiger partial charge < -0.3 is 10.1 Å². The Kier molecular flexibility index (Phi) is 5.42. The number of methoxy groups -OCH3 is 1. The molecule has 0 radical (unpaired) electrons. The van der Waals surface area contributed by atoms with Crippen LogP contribution >= 0.6 is 15.9 Å². The minimum Gasteiger partial charge on any atom is -0.495 e. The predicted molar refractivity (Wildman–Crippen MR) is 86.3 cm³/mol. The lowest BCUT2D eigenvalue weighted by Gasteiger charge is -2.03. The van der Waals surface area contributed by atoms with Gasteiger partial charge in [-0.1, -0.05) is 36.1 Å². The van der Waals surface area contributed by atoms with Crippen LogP contribution in [0.15, 0.2) is 53.0 Å². The van der Waals surface area contributed by atoms with Crippen molar-refractivity contribution in [1.82, 2.24) is 5.32 Å². The van der Waals surface area contributed by atoms with Crippen LogP contribution in [0.25, 0.3) is 0 Å². The molecular weight excluding hydrogens is 330 g/mol. The molecule has 2 aromatic carbocycles. The highest BCUT2D eigenvalue weighted by molar-refractivity contribution is 9.10. The quantitative estimate of drug-likeness (QED) is 0.869. The van der Waals surface area contributed by atoms with Gasteiger partial charge in [-0.2, -0.15) is 0 Å². The number of benzene rings is 2. The molecule has 1 N–H and O–H groups in total. The van der Waals surface area contributed by atoms with Gasteiger partial charge in [0.2, 0.25) is 0 Å². The molecule has 106 valence electrons. The first kappa shape index (κ1) is 15.1. The van der Waals surface area contributed by atoms with Crippen molar-refractivity contribution in [3.63, 3.8) is 0 Å². The molecule has 21 heavy (non-hydrogen) atoms. The van der Waals surface area contributed by atoms with Gasteiger partial charge in [0, 0.05) is 4.47 Å². The van der Waals surface area contributed by atoms with Crippen LogP contribution < -0.4 is 10.1 Å². The summed E-state index contributed by atoms with van der Waals surface area (Å²) >= 11 is 3.35. The van der Waals surface area contributed by atoms with E-state index in [1.165, 1.54) is 0 Å². The minimum atomic E-state index is -0.156. The molecule has 0 aromatic heterocycles. The van der Waals surface area contributed by atoms with Crippen molar-refractivity contribution in [2.24, 2.45) is 0 Å². The van der Waals surface area contributed by atoms with E-state index in [2.05, 4.69) is 33.1 Å². The topological polar surface area (TPSA) is 38.3 Å². The number of halogens is 1. The first-order valence-electron chi connectivity index (χ1n) is 6.37. The molecule has 0 atom stereocenters. The van der Waals surface area contributed by atoms with Crippen molar-refractivity contribution >= 4 is 21.8 Å². The van der Waals surface area contributed by atoms with E-state index in [9.17, 15) is 4.79 Å². The average Bonchev–Trinajstić information content (AvgIpc) is 2.52. The molecule has 0 heterocycles. The standard InChI is InChI=1S/C17H14BrNO2/c1-21-16-11-5-2-7-13(16)8-6-12-19-17(20)14-9-3-4-10-15(14)18/h2-5,7,9-11H,12H2,1H3,(H,19,20). The lowest BCUT2D eigenvalue weighted by Crippen LogP contribution is -2.23. The molecule has 0 unspecified atom stereocenters. The van der Waals surface area contributed by atoms with E-state index in [1.54, 1.807) is 13.2 Å². The van der Waals surface area contributed by atoms with Gasteiger partial charge in [0.15, 0.2) is 0 Å². The van der Waals surface area contributed by atoms with E-state index in [0.717, 1.165) is 15.8 Å². The number of ether oxygens (including phenoxy) is 1. The largest absolute Gasteiger partial charge is 0.495 e. The lowest BCUT2D eigenvalue weighted by atomic mass is 10.2. The smallest absolute Gasteiger partial charge is 0.253 e. The zero-order valence-electron chi connectivity index (χ0n) is 11.5. The van der Waals surface area contributed by atoms with E-state index >= 15 is 0 Å². The molecule has 0 aliphatic carbocycles. The molecular formula is C17H14BrNO2. The first-order valence-corrected chi connectivity index (χ1v) is 7.16. The van der Waals surface area contributed by atoms with Crippen molar-refractivity contribution in [2.75, 3.05) is 13.7 Å². The molecule has 0 aliphatic rings. The van der Waals surface area contributed by atoms with E-state index in [0.29, 0.717) is 5.56 Å². The van der Waals surface area contributed by atoms with E-state index in [4.69, 9.17) is 4.74 Å². The van der Waals surface area contributed by atoms with E-state index in [1.807, 2.05) is 42.5 Å². The average molecular weight is 344 g/mol. The van der Waals surface area contributed by atoms with Crippen LogP contribution in [-0.2, 0) is 0 Å². The third-order valence-corrected chi connectivity index (χ3v) is 3.48. The normalized spacial score (nSPS) is 9.43. The zero-order chi connectivity index (χ0) is 15.1. The Morgan fingerprint density at radius 3 is 2.67 bits per heavy atom. The predicted octanol–water partition coefficient (Wildman–Crippen LogP) is 3.24. The highest BCUT2D eigenvalue weighted by Gasteiger charge is 2.07. The maximum atomic E-state index is 12.0. The van der Waals surface area contributed by atoms with Crippen LogP contribution in [0.5, 0.6) is 5.75 Å². The van der Waals surface area contributed by atoms with Crippen molar-refractivity contribution in [1.29, 1.82) is 0 Å². The van der Waals surface area contributed by atoms with Crippen molar-refractivity contribution < 1.29 is 9.53 Å². The fraction of sp³-hybridized carbons (Fsp3) is 0.118. The fourth-order valence-corrected chi connectivity index (χ4v) is 2.22. The Bertz CT molecular complexity index is 701. The van der Waals surface area contributed by atoms with Gasteiger partial charge in [-0.25, -0.2) is 0 Å². The first-order chi connectivity index (χ1) is 10.2. The Balaban J connectivity index is 1.98. The zero-order valence-corrected chi connectivity index (χ0v) is 13.1. The molecule has 0 saturated heterocycles. The van der Waals surface area contributed by atoms with Crippen LogP contribution in [0.3, 0.4) is 0 Å². The SMILES string of the molecule is COc1ccccc1C#CCNC(=O)c1ccccc1Br. The van der Waals surface area contributed by atoms with Crippen LogP contribution in [0.2, 0.25) is 0 Å². The molecule has 0 spiro atoms. The maximum absolute atomic E-state index is 12.0. The monoisotopic (exact) mass is 343 g/mol. The second-order valence-electron chi connectivity index (χ2n) is 4.16. The molecule has 3 nitrogen and oxygen atoms in total. The third-order valence-electron chi connectivity index (χ3n) is 2.79. The molecule has 2 aromatic rings. The minimum absolute atomic E-state index is 0.156. The van der Waals surface area contributed by atoms with Gasteiger partial charge >= 0.3 is 0 Å². The molecule has 0 saturated carbocycles. The highest BCUT2D eigenvalue weighted by Crippen LogP contribution is 2.16. The summed E-state index contributed by atoms with van der Waals surface area (Å²) in [6.07, 6.45) is 0. The third kappa shape index (κ3) is 4.11. The summed E-state index contributed by atoms with van der Waals surface area (Å²) in [6.45, 7) is 0.276. The molecule has 0 aliphatic heterocycles. The highest BCUT2D eigenvalue weighted by atomic mass is 79.9. The Morgan fingerprint density at radius 2 is 1.90 bits per heavy atom. The van der Waals surface area contributed by atoms with Gasteiger partial charge in [0.05, 0.1) is 24.8 Å². The molecule has 0 bridgehead atoms. The second-order valence-corrected chi connectivity index (χ2v) is 5.02. The number of carbonyl (C=O) groups excluding carboxylic acids is 1. The summed E-state index contributed by atoms with van der Waals surface area (Å²) in [5.74, 6) is 6.47. The molecule has 2 rings (SSSR count). The second kappa shape index (κ2) is 7.51. The van der Waals surface area contributed by atoms with Gasteiger partial charge in [-0.15, -0.1) is 0 Å². The van der Waals surface area contributed by atoms with Gasteiger partial charge in [-0.3, -0.25) is 4.79 Å². The summed E-state index contributed by atoms with van der Waals surface area (Å²) in [7, 11) is 1.61. The van der Waals surface area contributed by atoms with Gasteiger partial charge in [0.1, 0.15) is 5.75 Å². The van der Waals surface area contributed by atoms with Gasteiger partial charge in [-0.05, 0) is 40.2 Å². The summed E-state index contributed by atoms with van der Waals surface area (Å²) in [5, 5.41) is 2.76. The number of hydrogen-bond acceptors (Lipinski definition) is 2. The number of nitrogens with one attached hydrogen (secondary N) is 1. The molecule has 0 fully saturated rings. The van der Waals surface area contributed by atoms with Crippen molar-refractivity contribution in [2.45, 2.75) is 0 Å². The maximum Gasteiger partial charge on any atom is 0.253 e. The van der Waals surface area contributed by atoms with Gasteiger partial charge in [0.25, 0.3) is 5.91 Å². The van der Waals surface area contributed by atoms with Crippen LogP contribution in [0, 0.1) is 11.8 Å². The molecule has 1 amide bonds. The number of rotatable bonds is 3. The summed E-state index contributed by atoms with van der Waals surface area (Å²) in [5.41, 5.74) is 1.40. The van der Waals surface area contributed by atoms with Crippen molar-refractivity contribution in [3.05, 3.63) is 64.1 Å². The summed E-state index contributed by atoms with van der Waals surface area (Å²) in [6, 6.07) is 14.8. The Labute approximate surface area is 132 Å². The summed E-state index contributed by atoms with van der Waals surface area (Å²) < 4.78 is 5.98. The lowest BCUT2D eigenvalue weighted by molar-refractivity contribution is 0.0958. The number of carbonyl (C=O) groups is 1. The van der Waals surface area contributed by atoms with Crippen LogP contribution in [0.1, 0.15) is 15.9 Å². The Morgan fingerprint density at radius 1 is 1.19 bits per heavy atom. The summed E-state index contributed by atoms with van der Waals surface area (Å²) in [4.78, 5) is 12.0. The van der Waals surface area contributed by atoms with E-state index < -0.39 is 0 Å². The number of amides is 1. The van der Waals surface area contributed by atoms with Crippen LogP contribution in [0.4, 0.5) is 0 Å². The number of hydrogen-bond donors (Lipinski definition) is 1. The molecule has 4 heteroatoms. The van der Waals surface area contributed by atoms with E-state index in [-0.39, 0.29) is 12.5 Å².